The number of hydrogen-bond acceptors (Lipinski definition) is 3. The van der Waals surface area contributed by atoms with Crippen LogP contribution >= 0.6 is 0 Å². The number of nitriles is 1. The number of rotatable bonds is 2. The summed E-state index contributed by atoms with van der Waals surface area (Å²) in [7, 11) is 1.68. The predicted molar refractivity (Wildman–Crippen MR) is 79.4 cm³/mol. The third kappa shape index (κ3) is 2.35. The highest BCUT2D eigenvalue weighted by molar-refractivity contribution is 5.68. The Morgan fingerprint density at radius 1 is 1.00 bits per heavy atom. The van der Waals surface area contributed by atoms with Crippen LogP contribution in [0.3, 0.4) is 0 Å². The number of nitrogens with one attached hydrogen (secondary N) is 1. The summed E-state index contributed by atoms with van der Waals surface area (Å²) in [6.45, 7) is 0. The lowest BCUT2D eigenvalue weighted by atomic mass is 10.0. The van der Waals surface area contributed by atoms with E-state index >= 15 is 0 Å². The van der Waals surface area contributed by atoms with Crippen molar-refractivity contribution < 1.29 is 0 Å². The van der Waals surface area contributed by atoms with Gasteiger partial charge in [0.05, 0.1) is 11.6 Å². The Bertz CT molecular complexity index is 864. The molecule has 0 unspecified atom stereocenters. The third-order valence-electron chi connectivity index (χ3n) is 3.37. The van der Waals surface area contributed by atoms with Crippen molar-refractivity contribution in [3.63, 3.8) is 0 Å². The Kier molecular flexibility index (Phi) is 3.13. The summed E-state index contributed by atoms with van der Waals surface area (Å²) in [6.07, 6.45) is 0. The van der Waals surface area contributed by atoms with Crippen molar-refractivity contribution in [1.82, 2.24) is 14.8 Å². The number of aromatic nitrogens is 3. The number of benzene rings is 2. The highest BCUT2D eigenvalue weighted by Crippen LogP contribution is 2.23. The molecule has 5 nitrogen and oxygen atoms in total. The van der Waals surface area contributed by atoms with Crippen LogP contribution in [0.1, 0.15) is 5.56 Å². The van der Waals surface area contributed by atoms with Gasteiger partial charge < -0.3 is 0 Å². The molecule has 0 aliphatic rings. The predicted octanol–water partition coefficient (Wildman–Crippen LogP) is 2.31. The quantitative estimate of drug-likeness (QED) is 0.780. The lowest BCUT2D eigenvalue weighted by molar-refractivity contribution is 0.869. The average molecular weight is 276 g/mol. The van der Waals surface area contributed by atoms with Gasteiger partial charge in [-0.05, 0) is 23.3 Å². The smallest absolute Gasteiger partial charge is 0.278 e. The maximum atomic E-state index is 11.4. The fourth-order valence-electron chi connectivity index (χ4n) is 2.15. The molecule has 2 aromatic carbocycles. The maximum absolute atomic E-state index is 11.4. The zero-order valence-corrected chi connectivity index (χ0v) is 11.4. The summed E-state index contributed by atoms with van der Waals surface area (Å²) in [6, 6.07) is 17.3. The molecule has 21 heavy (non-hydrogen) atoms. The summed E-state index contributed by atoms with van der Waals surface area (Å²) in [5.74, 6) is 0.603. The molecule has 3 rings (SSSR count). The van der Waals surface area contributed by atoms with Crippen molar-refractivity contribution in [2.24, 2.45) is 7.05 Å². The normalized spacial score (nSPS) is 10.3. The summed E-state index contributed by atoms with van der Waals surface area (Å²) in [4.78, 5) is 11.4. The molecular weight excluding hydrogens is 264 g/mol. The van der Waals surface area contributed by atoms with Gasteiger partial charge in [-0.3, -0.25) is 4.57 Å². The molecule has 0 saturated heterocycles. The minimum Gasteiger partial charge on any atom is -0.278 e. The highest BCUT2D eigenvalue weighted by Gasteiger charge is 2.07. The van der Waals surface area contributed by atoms with E-state index in [4.69, 9.17) is 5.26 Å². The first kappa shape index (κ1) is 12.9. The summed E-state index contributed by atoms with van der Waals surface area (Å²) in [5, 5.41) is 15.2. The van der Waals surface area contributed by atoms with Crippen LogP contribution in [0, 0.1) is 11.3 Å². The van der Waals surface area contributed by atoms with E-state index in [1.54, 1.807) is 19.2 Å². The molecule has 1 heterocycles. The van der Waals surface area contributed by atoms with Gasteiger partial charge in [-0.1, -0.05) is 36.4 Å². The first-order chi connectivity index (χ1) is 10.2. The zero-order chi connectivity index (χ0) is 14.8. The first-order valence-electron chi connectivity index (χ1n) is 6.41. The lowest BCUT2D eigenvalue weighted by Crippen LogP contribution is -2.13. The van der Waals surface area contributed by atoms with E-state index in [0.29, 0.717) is 11.4 Å². The van der Waals surface area contributed by atoms with Gasteiger partial charge in [0.15, 0.2) is 5.82 Å². The van der Waals surface area contributed by atoms with Crippen LogP contribution in [-0.4, -0.2) is 14.8 Å². The van der Waals surface area contributed by atoms with Gasteiger partial charge in [-0.15, -0.1) is 0 Å². The Morgan fingerprint density at radius 2 is 1.52 bits per heavy atom. The second kappa shape index (κ2) is 5.10. The molecule has 1 N–H and O–H groups in total. The second-order valence-electron chi connectivity index (χ2n) is 4.68. The second-order valence-corrected chi connectivity index (χ2v) is 4.68. The van der Waals surface area contributed by atoms with E-state index in [-0.39, 0.29) is 5.69 Å². The molecule has 0 fully saturated rings. The SMILES string of the molecule is Cn1c(-c2ccc(-c3ccc(C#N)cc3)cc2)n[nH]c1=O. The molecule has 0 aliphatic heterocycles. The van der Waals surface area contributed by atoms with Crippen LogP contribution in [0.4, 0.5) is 0 Å². The van der Waals surface area contributed by atoms with E-state index in [1.165, 1.54) is 4.57 Å². The summed E-state index contributed by atoms with van der Waals surface area (Å²) in [5.41, 5.74) is 3.36. The van der Waals surface area contributed by atoms with E-state index in [2.05, 4.69) is 16.3 Å². The van der Waals surface area contributed by atoms with Crippen LogP contribution in [-0.2, 0) is 7.05 Å². The number of H-pyrrole nitrogens is 1. The van der Waals surface area contributed by atoms with Gasteiger partial charge in [0.1, 0.15) is 0 Å². The van der Waals surface area contributed by atoms with Gasteiger partial charge in [0, 0.05) is 12.6 Å². The van der Waals surface area contributed by atoms with E-state index in [9.17, 15) is 4.79 Å². The maximum Gasteiger partial charge on any atom is 0.343 e. The average Bonchev–Trinajstić information content (AvgIpc) is 2.87. The van der Waals surface area contributed by atoms with Crippen LogP contribution in [0.2, 0.25) is 0 Å². The molecule has 0 saturated carbocycles. The summed E-state index contributed by atoms with van der Waals surface area (Å²) < 4.78 is 1.47. The van der Waals surface area contributed by atoms with Crippen molar-refractivity contribution >= 4 is 0 Å². The Morgan fingerprint density at radius 3 is 2.00 bits per heavy atom. The Hall–Kier alpha value is -3.13. The van der Waals surface area contributed by atoms with E-state index in [1.807, 2.05) is 36.4 Å². The Labute approximate surface area is 121 Å². The molecule has 0 amide bonds. The third-order valence-corrected chi connectivity index (χ3v) is 3.37. The molecule has 0 radical (unpaired) electrons. The topological polar surface area (TPSA) is 74.5 Å². The largest absolute Gasteiger partial charge is 0.343 e. The molecular formula is C16H12N4O. The van der Waals surface area contributed by atoms with Gasteiger partial charge >= 0.3 is 5.69 Å². The van der Waals surface area contributed by atoms with Crippen LogP contribution in [0.5, 0.6) is 0 Å². The fraction of sp³-hybridized carbons (Fsp3) is 0.0625. The van der Waals surface area contributed by atoms with Gasteiger partial charge in [-0.25, -0.2) is 9.89 Å². The van der Waals surface area contributed by atoms with E-state index in [0.717, 1.165) is 16.7 Å². The standard InChI is InChI=1S/C16H12N4O/c1-20-15(18-19-16(20)21)14-8-6-13(7-9-14)12-4-2-11(10-17)3-5-12/h2-9H,1H3,(H,19,21). The van der Waals surface area contributed by atoms with Crippen LogP contribution in [0.15, 0.2) is 53.3 Å². The fourth-order valence-corrected chi connectivity index (χ4v) is 2.15. The van der Waals surface area contributed by atoms with Crippen LogP contribution in [0.25, 0.3) is 22.5 Å². The zero-order valence-electron chi connectivity index (χ0n) is 11.4. The molecule has 102 valence electrons. The monoisotopic (exact) mass is 276 g/mol. The van der Waals surface area contributed by atoms with Crippen molar-refractivity contribution in [1.29, 1.82) is 5.26 Å². The molecule has 3 aromatic rings. The number of hydrogen-bond donors (Lipinski definition) is 1. The highest BCUT2D eigenvalue weighted by atomic mass is 16.1. The van der Waals surface area contributed by atoms with Crippen molar-refractivity contribution in [2.45, 2.75) is 0 Å². The van der Waals surface area contributed by atoms with Crippen molar-refractivity contribution in [3.8, 4) is 28.6 Å². The number of nitrogens with zero attached hydrogens (tertiary/aromatic N) is 3. The molecule has 0 bridgehead atoms. The van der Waals surface area contributed by atoms with Crippen molar-refractivity contribution in [2.75, 3.05) is 0 Å². The van der Waals surface area contributed by atoms with Crippen LogP contribution < -0.4 is 5.69 Å². The minimum absolute atomic E-state index is 0.235. The molecule has 0 atom stereocenters. The molecule has 0 aliphatic carbocycles. The summed E-state index contributed by atoms with van der Waals surface area (Å²) >= 11 is 0. The molecule has 5 heteroatoms. The van der Waals surface area contributed by atoms with E-state index < -0.39 is 0 Å². The lowest BCUT2D eigenvalue weighted by Gasteiger charge is -2.04. The first-order valence-corrected chi connectivity index (χ1v) is 6.41. The van der Waals surface area contributed by atoms with Gasteiger partial charge in [-0.2, -0.15) is 10.4 Å². The Balaban J connectivity index is 1.95. The number of aromatic amines is 1. The van der Waals surface area contributed by atoms with Crippen molar-refractivity contribution in [3.05, 3.63) is 64.6 Å². The molecule has 0 spiro atoms. The molecule has 1 aromatic heterocycles. The van der Waals surface area contributed by atoms with Gasteiger partial charge in [0.25, 0.3) is 0 Å². The minimum atomic E-state index is -0.235. The van der Waals surface area contributed by atoms with Gasteiger partial charge in [0.2, 0.25) is 0 Å².